The predicted molar refractivity (Wildman–Crippen MR) is 76.0 cm³/mol. The third kappa shape index (κ3) is 2.81. The molecule has 110 valence electrons. The van der Waals surface area contributed by atoms with Gasteiger partial charge in [0, 0.05) is 6.04 Å². The SMILES string of the molecule is CC1Cc2ccccc2C(c2ccc(C(F)(F)F)cc2)N1. The van der Waals surface area contributed by atoms with Crippen LogP contribution in [0.15, 0.2) is 48.5 Å². The lowest BCUT2D eigenvalue weighted by molar-refractivity contribution is -0.137. The van der Waals surface area contributed by atoms with E-state index in [-0.39, 0.29) is 6.04 Å². The molecular formula is C17H16F3N. The molecule has 1 nitrogen and oxygen atoms in total. The number of nitrogens with one attached hydrogen (secondary N) is 1. The van der Waals surface area contributed by atoms with Crippen LogP contribution in [0.2, 0.25) is 0 Å². The van der Waals surface area contributed by atoms with Crippen molar-refractivity contribution in [3.63, 3.8) is 0 Å². The lowest BCUT2D eigenvalue weighted by Gasteiger charge is -2.32. The van der Waals surface area contributed by atoms with Crippen LogP contribution < -0.4 is 5.32 Å². The first-order valence-electron chi connectivity index (χ1n) is 6.96. The van der Waals surface area contributed by atoms with Gasteiger partial charge in [0.15, 0.2) is 0 Å². The highest BCUT2D eigenvalue weighted by Crippen LogP contribution is 2.33. The fourth-order valence-electron chi connectivity index (χ4n) is 2.91. The number of hydrogen-bond donors (Lipinski definition) is 1. The molecule has 0 amide bonds. The molecule has 2 aromatic rings. The minimum atomic E-state index is -4.29. The van der Waals surface area contributed by atoms with Gasteiger partial charge in [0.1, 0.15) is 0 Å². The molecule has 0 saturated heterocycles. The van der Waals surface area contributed by atoms with Crippen LogP contribution in [0.25, 0.3) is 0 Å². The van der Waals surface area contributed by atoms with E-state index in [2.05, 4.69) is 18.3 Å². The van der Waals surface area contributed by atoms with Crippen molar-refractivity contribution in [3.05, 3.63) is 70.8 Å². The first-order valence-corrected chi connectivity index (χ1v) is 6.96. The third-order valence-electron chi connectivity index (χ3n) is 3.91. The van der Waals surface area contributed by atoms with Gasteiger partial charge in [-0.1, -0.05) is 36.4 Å². The van der Waals surface area contributed by atoms with E-state index >= 15 is 0 Å². The van der Waals surface area contributed by atoms with Gasteiger partial charge in [-0.15, -0.1) is 0 Å². The standard InChI is InChI=1S/C17H16F3N/c1-11-10-13-4-2-3-5-15(13)16(21-11)12-6-8-14(9-7-12)17(18,19)20/h2-9,11,16,21H,10H2,1H3. The van der Waals surface area contributed by atoms with E-state index in [1.165, 1.54) is 5.56 Å². The summed E-state index contributed by atoms with van der Waals surface area (Å²) in [7, 11) is 0. The summed E-state index contributed by atoms with van der Waals surface area (Å²) >= 11 is 0. The van der Waals surface area contributed by atoms with Crippen LogP contribution in [-0.2, 0) is 12.6 Å². The van der Waals surface area contributed by atoms with Crippen LogP contribution in [0.1, 0.15) is 35.2 Å². The zero-order valence-electron chi connectivity index (χ0n) is 11.6. The van der Waals surface area contributed by atoms with E-state index < -0.39 is 11.7 Å². The number of alkyl halides is 3. The van der Waals surface area contributed by atoms with E-state index in [9.17, 15) is 13.2 Å². The Morgan fingerprint density at radius 2 is 1.67 bits per heavy atom. The van der Waals surface area contributed by atoms with Crippen LogP contribution in [0.4, 0.5) is 13.2 Å². The second kappa shape index (κ2) is 5.19. The number of halogens is 3. The lowest BCUT2D eigenvalue weighted by Crippen LogP contribution is -2.37. The smallest absolute Gasteiger partial charge is 0.303 e. The zero-order chi connectivity index (χ0) is 15.0. The molecule has 0 radical (unpaired) electrons. The number of benzene rings is 2. The minimum absolute atomic E-state index is 0.0489. The molecule has 1 aliphatic rings. The summed E-state index contributed by atoms with van der Waals surface area (Å²) in [5.41, 5.74) is 2.66. The van der Waals surface area contributed by atoms with Crippen molar-refractivity contribution in [2.45, 2.75) is 31.6 Å². The van der Waals surface area contributed by atoms with E-state index in [0.717, 1.165) is 29.7 Å². The highest BCUT2D eigenvalue weighted by molar-refractivity contribution is 5.41. The Labute approximate surface area is 121 Å². The topological polar surface area (TPSA) is 12.0 Å². The molecule has 2 unspecified atom stereocenters. The Morgan fingerprint density at radius 1 is 1.00 bits per heavy atom. The molecule has 1 N–H and O–H groups in total. The van der Waals surface area contributed by atoms with Crippen molar-refractivity contribution in [2.75, 3.05) is 0 Å². The van der Waals surface area contributed by atoms with Gasteiger partial charge < -0.3 is 5.32 Å². The highest BCUT2D eigenvalue weighted by Gasteiger charge is 2.31. The summed E-state index contributed by atoms with van der Waals surface area (Å²) in [4.78, 5) is 0. The molecule has 2 aromatic carbocycles. The third-order valence-corrected chi connectivity index (χ3v) is 3.91. The average molecular weight is 291 g/mol. The first-order chi connectivity index (χ1) is 9.95. The van der Waals surface area contributed by atoms with Gasteiger partial charge in [-0.05, 0) is 42.2 Å². The van der Waals surface area contributed by atoms with E-state index in [1.54, 1.807) is 12.1 Å². The van der Waals surface area contributed by atoms with Gasteiger partial charge in [-0.25, -0.2) is 0 Å². The summed E-state index contributed by atoms with van der Waals surface area (Å²) in [5.74, 6) is 0. The number of fused-ring (bicyclic) bond motifs is 1. The maximum atomic E-state index is 12.6. The maximum absolute atomic E-state index is 12.6. The normalized spacial score (nSPS) is 21.9. The predicted octanol–water partition coefficient (Wildman–Crippen LogP) is 4.33. The van der Waals surface area contributed by atoms with E-state index in [0.29, 0.717) is 6.04 Å². The van der Waals surface area contributed by atoms with Gasteiger partial charge in [0.2, 0.25) is 0 Å². The van der Waals surface area contributed by atoms with Crippen LogP contribution >= 0.6 is 0 Å². The molecule has 21 heavy (non-hydrogen) atoms. The number of rotatable bonds is 1. The molecule has 3 rings (SSSR count). The summed E-state index contributed by atoms with van der Waals surface area (Å²) in [6, 6.07) is 13.8. The summed E-state index contributed by atoms with van der Waals surface area (Å²) in [6.07, 6.45) is -3.35. The monoisotopic (exact) mass is 291 g/mol. The molecule has 4 heteroatoms. The van der Waals surface area contributed by atoms with E-state index in [1.807, 2.05) is 18.2 Å². The van der Waals surface area contributed by atoms with Crippen molar-refractivity contribution in [3.8, 4) is 0 Å². The van der Waals surface area contributed by atoms with Crippen molar-refractivity contribution >= 4 is 0 Å². The Kier molecular flexibility index (Phi) is 3.49. The zero-order valence-corrected chi connectivity index (χ0v) is 11.6. The van der Waals surface area contributed by atoms with Gasteiger partial charge >= 0.3 is 6.18 Å². The Morgan fingerprint density at radius 3 is 2.33 bits per heavy atom. The van der Waals surface area contributed by atoms with Gasteiger partial charge in [-0.2, -0.15) is 13.2 Å². The molecule has 1 aliphatic heterocycles. The fraction of sp³-hybridized carbons (Fsp3) is 0.294. The second-order valence-electron chi connectivity index (χ2n) is 5.52. The van der Waals surface area contributed by atoms with Gasteiger partial charge in [0.25, 0.3) is 0 Å². The van der Waals surface area contributed by atoms with Crippen molar-refractivity contribution in [1.82, 2.24) is 5.32 Å². The van der Waals surface area contributed by atoms with Crippen molar-refractivity contribution in [2.24, 2.45) is 0 Å². The maximum Gasteiger partial charge on any atom is 0.416 e. The summed E-state index contributed by atoms with van der Waals surface area (Å²) in [5, 5.41) is 3.47. The van der Waals surface area contributed by atoms with E-state index in [4.69, 9.17) is 0 Å². The van der Waals surface area contributed by atoms with Crippen LogP contribution in [0.5, 0.6) is 0 Å². The van der Waals surface area contributed by atoms with Crippen molar-refractivity contribution in [1.29, 1.82) is 0 Å². The molecule has 2 atom stereocenters. The number of hydrogen-bond acceptors (Lipinski definition) is 1. The molecule has 1 heterocycles. The second-order valence-corrected chi connectivity index (χ2v) is 5.52. The van der Waals surface area contributed by atoms with Gasteiger partial charge in [0.05, 0.1) is 11.6 Å². The summed E-state index contributed by atoms with van der Waals surface area (Å²) in [6.45, 7) is 2.09. The quantitative estimate of drug-likeness (QED) is 0.824. The van der Waals surface area contributed by atoms with Crippen LogP contribution in [0, 0.1) is 0 Å². The average Bonchev–Trinajstić information content (AvgIpc) is 2.45. The molecule has 0 aliphatic carbocycles. The Balaban J connectivity index is 1.97. The molecule has 0 saturated carbocycles. The Bertz CT molecular complexity index is 631. The highest BCUT2D eigenvalue weighted by atomic mass is 19.4. The van der Waals surface area contributed by atoms with Crippen LogP contribution in [-0.4, -0.2) is 6.04 Å². The molecule has 0 bridgehead atoms. The van der Waals surface area contributed by atoms with Crippen LogP contribution in [0.3, 0.4) is 0 Å². The van der Waals surface area contributed by atoms with Crippen molar-refractivity contribution < 1.29 is 13.2 Å². The Hall–Kier alpha value is -1.81. The molecular weight excluding hydrogens is 275 g/mol. The van der Waals surface area contributed by atoms with Gasteiger partial charge in [-0.3, -0.25) is 0 Å². The fourth-order valence-corrected chi connectivity index (χ4v) is 2.91. The lowest BCUT2D eigenvalue weighted by atomic mass is 9.87. The molecule has 0 fully saturated rings. The largest absolute Gasteiger partial charge is 0.416 e. The first kappa shape index (κ1) is 14.1. The summed E-state index contributed by atoms with van der Waals surface area (Å²) < 4.78 is 37.9. The minimum Gasteiger partial charge on any atom is -0.303 e. The molecule has 0 aromatic heterocycles. The molecule has 0 spiro atoms.